The van der Waals surface area contributed by atoms with Gasteiger partial charge in [0.15, 0.2) is 11.5 Å². The molecule has 23 heavy (non-hydrogen) atoms. The maximum Gasteiger partial charge on any atom is 0.207 e. The van der Waals surface area contributed by atoms with Crippen LogP contribution in [0.3, 0.4) is 0 Å². The van der Waals surface area contributed by atoms with Crippen molar-refractivity contribution in [2.75, 3.05) is 21.3 Å². The number of allylic oxidation sites excluding steroid dienone is 4. The van der Waals surface area contributed by atoms with Gasteiger partial charge in [0.05, 0.1) is 21.3 Å². The Morgan fingerprint density at radius 2 is 1.65 bits per heavy atom. The third kappa shape index (κ3) is 5.23. The molecule has 0 amide bonds. The van der Waals surface area contributed by atoms with Crippen LogP contribution in [0.5, 0.6) is 23.0 Å². The first-order valence-electron chi connectivity index (χ1n) is 7.74. The number of rotatable bonds is 8. The molecule has 0 aliphatic rings. The minimum Gasteiger partial charge on any atom is -0.504 e. The van der Waals surface area contributed by atoms with Crippen molar-refractivity contribution in [3.8, 4) is 23.0 Å². The van der Waals surface area contributed by atoms with E-state index in [0.717, 1.165) is 18.4 Å². The van der Waals surface area contributed by atoms with Gasteiger partial charge in [-0.2, -0.15) is 0 Å². The molecule has 4 nitrogen and oxygen atoms in total. The van der Waals surface area contributed by atoms with Crippen LogP contribution in [-0.4, -0.2) is 26.4 Å². The van der Waals surface area contributed by atoms with Gasteiger partial charge in [0.25, 0.3) is 0 Å². The number of phenolic OH excluding ortho intramolecular Hbond substituents is 1. The number of benzene rings is 1. The molecule has 0 unspecified atom stereocenters. The minimum atomic E-state index is 0.0958. The SMILES string of the molecule is COc1cc(C/C=C(\C)CCC=C(C)C)c(O)c(OC)c1OC. The molecular weight excluding hydrogens is 292 g/mol. The first-order chi connectivity index (χ1) is 10.9. The number of ether oxygens (including phenoxy) is 3. The Bertz CT molecular complexity index is 582. The van der Waals surface area contributed by atoms with Gasteiger partial charge in [0, 0.05) is 5.56 Å². The maximum absolute atomic E-state index is 10.4. The fourth-order valence-electron chi connectivity index (χ4n) is 2.32. The lowest BCUT2D eigenvalue weighted by molar-refractivity contribution is 0.309. The van der Waals surface area contributed by atoms with Crippen molar-refractivity contribution in [3.05, 3.63) is 34.9 Å². The predicted molar refractivity (Wildman–Crippen MR) is 93.9 cm³/mol. The summed E-state index contributed by atoms with van der Waals surface area (Å²) < 4.78 is 15.9. The zero-order chi connectivity index (χ0) is 17.4. The molecule has 0 atom stereocenters. The normalized spacial score (nSPS) is 11.1. The van der Waals surface area contributed by atoms with Gasteiger partial charge >= 0.3 is 0 Å². The highest BCUT2D eigenvalue weighted by atomic mass is 16.5. The summed E-state index contributed by atoms with van der Waals surface area (Å²) in [6, 6.07) is 1.79. The van der Waals surface area contributed by atoms with Crippen LogP contribution in [0, 0.1) is 0 Å². The van der Waals surface area contributed by atoms with Crippen LogP contribution in [0.1, 0.15) is 39.2 Å². The van der Waals surface area contributed by atoms with Crippen LogP contribution >= 0.6 is 0 Å². The van der Waals surface area contributed by atoms with Crippen molar-refractivity contribution in [2.45, 2.75) is 40.0 Å². The zero-order valence-corrected chi connectivity index (χ0v) is 15.0. The standard InChI is InChI=1S/C19H28O4/c1-13(2)8-7-9-14(3)10-11-15-12-16(21-4)18(22-5)19(23-6)17(15)20/h8,10,12,20H,7,9,11H2,1-6H3/b14-10+. The Morgan fingerprint density at radius 1 is 1.00 bits per heavy atom. The van der Waals surface area contributed by atoms with E-state index in [4.69, 9.17) is 14.2 Å². The van der Waals surface area contributed by atoms with Crippen LogP contribution in [0.2, 0.25) is 0 Å². The molecule has 0 aromatic heterocycles. The Kier molecular flexibility index (Phi) is 7.52. The molecule has 0 saturated heterocycles. The van der Waals surface area contributed by atoms with Crippen molar-refractivity contribution < 1.29 is 19.3 Å². The summed E-state index contributed by atoms with van der Waals surface area (Å²) in [5.41, 5.74) is 3.37. The lowest BCUT2D eigenvalue weighted by atomic mass is 10.0. The highest BCUT2D eigenvalue weighted by Gasteiger charge is 2.19. The molecule has 0 bridgehead atoms. The van der Waals surface area contributed by atoms with E-state index < -0.39 is 0 Å². The number of hydrogen-bond acceptors (Lipinski definition) is 4. The quantitative estimate of drug-likeness (QED) is 0.708. The highest BCUT2D eigenvalue weighted by Crippen LogP contribution is 2.46. The second kappa shape index (κ2) is 9.13. The number of phenols is 1. The Balaban J connectivity index is 2.98. The van der Waals surface area contributed by atoms with Crippen molar-refractivity contribution in [1.29, 1.82) is 0 Å². The molecule has 0 fully saturated rings. The second-order valence-corrected chi connectivity index (χ2v) is 5.73. The van der Waals surface area contributed by atoms with Crippen molar-refractivity contribution in [1.82, 2.24) is 0 Å². The minimum absolute atomic E-state index is 0.0958. The van der Waals surface area contributed by atoms with Gasteiger partial charge in [-0.3, -0.25) is 0 Å². The fourth-order valence-corrected chi connectivity index (χ4v) is 2.32. The van der Waals surface area contributed by atoms with E-state index in [1.54, 1.807) is 13.2 Å². The van der Waals surface area contributed by atoms with Gasteiger partial charge in [-0.1, -0.05) is 23.3 Å². The smallest absolute Gasteiger partial charge is 0.207 e. The van der Waals surface area contributed by atoms with Crippen LogP contribution in [0.15, 0.2) is 29.4 Å². The summed E-state index contributed by atoms with van der Waals surface area (Å²) in [7, 11) is 4.59. The summed E-state index contributed by atoms with van der Waals surface area (Å²) in [4.78, 5) is 0. The topological polar surface area (TPSA) is 47.9 Å². The Hall–Kier alpha value is -2.10. The van der Waals surface area contributed by atoms with Crippen LogP contribution in [-0.2, 0) is 6.42 Å². The molecule has 1 rings (SSSR count). The Labute approximate surface area is 139 Å². The van der Waals surface area contributed by atoms with Crippen molar-refractivity contribution in [2.24, 2.45) is 0 Å². The van der Waals surface area contributed by atoms with Crippen molar-refractivity contribution >= 4 is 0 Å². The van der Waals surface area contributed by atoms with E-state index >= 15 is 0 Å². The summed E-state index contributed by atoms with van der Waals surface area (Å²) in [5.74, 6) is 1.35. The molecule has 1 aromatic rings. The lowest BCUT2D eigenvalue weighted by Crippen LogP contribution is -1.98. The van der Waals surface area contributed by atoms with Gasteiger partial charge < -0.3 is 19.3 Å². The molecule has 0 spiro atoms. The molecule has 4 heteroatoms. The Morgan fingerprint density at radius 3 is 2.17 bits per heavy atom. The fraction of sp³-hybridized carbons (Fsp3) is 0.474. The summed E-state index contributed by atoms with van der Waals surface area (Å²) in [6.45, 7) is 6.31. The average molecular weight is 320 g/mol. The highest BCUT2D eigenvalue weighted by molar-refractivity contribution is 5.62. The number of methoxy groups -OCH3 is 3. The van der Waals surface area contributed by atoms with Gasteiger partial charge in [-0.25, -0.2) is 0 Å². The predicted octanol–water partition coefficient (Wildman–Crippen LogP) is 4.65. The molecule has 1 aromatic carbocycles. The van der Waals surface area contributed by atoms with E-state index in [9.17, 15) is 5.11 Å². The van der Waals surface area contributed by atoms with E-state index in [2.05, 4.69) is 32.9 Å². The third-order valence-corrected chi connectivity index (χ3v) is 3.64. The van der Waals surface area contributed by atoms with E-state index in [0.29, 0.717) is 23.7 Å². The first kappa shape index (κ1) is 18.9. The molecule has 0 aliphatic carbocycles. The number of aromatic hydroxyl groups is 1. The average Bonchev–Trinajstić information content (AvgIpc) is 2.52. The van der Waals surface area contributed by atoms with E-state index in [1.165, 1.54) is 25.4 Å². The molecular formula is C19H28O4. The van der Waals surface area contributed by atoms with Gasteiger partial charge in [-0.15, -0.1) is 0 Å². The molecule has 0 heterocycles. The maximum atomic E-state index is 10.4. The lowest BCUT2D eigenvalue weighted by Gasteiger charge is -2.16. The monoisotopic (exact) mass is 320 g/mol. The van der Waals surface area contributed by atoms with E-state index in [1.807, 2.05) is 0 Å². The van der Waals surface area contributed by atoms with E-state index in [-0.39, 0.29) is 5.75 Å². The third-order valence-electron chi connectivity index (χ3n) is 3.64. The summed E-state index contributed by atoms with van der Waals surface area (Å²) >= 11 is 0. The van der Waals surface area contributed by atoms with Crippen LogP contribution in [0.25, 0.3) is 0 Å². The summed E-state index contributed by atoms with van der Waals surface area (Å²) in [5, 5.41) is 10.4. The second-order valence-electron chi connectivity index (χ2n) is 5.73. The largest absolute Gasteiger partial charge is 0.504 e. The van der Waals surface area contributed by atoms with Crippen LogP contribution in [0.4, 0.5) is 0 Å². The summed E-state index contributed by atoms with van der Waals surface area (Å²) in [6.07, 6.45) is 7.01. The molecule has 1 N–H and O–H groups in total. The van der Waals surface area contributed by atoms with Crippen LogP contribution < -0.4 is 14.2 Å². The van der Waals surface area contributed by atoms with Gasteiger partial charge in [0.2, 0.25) is 11.5 Å². The van der Waals surface area contributed by atoms with Gasteiger partial charge in [-0.05, 0) is 46.1 Å². The molecule has 0 saturated carbocycles. The van der Waals surface area contributed by atoms with Gasteiger partial charge in [0.1, 0.15) is 0 Å². The van der Waals surface area contributed by atoms with Crippen molar-refractivity contribution in [3.63, 3.8) is 0 Å². The molecule has 128 valence electrons. The first-order valence-corrected chi connectivity index (χ1v) is 7.74. The zero-order valence-electron chi connectivity index (χ0n) is 15.0. The molecule has 0 aliphatic heterocycles. The number of hydrogen-bond donors (Lipinski definition) is 1. The molecule has 0 radical (unpaired) electrons.